The van der Waals surface area contributed by atoms with E-state index in [-0.39, 0.29) is 12.2 Å². The number of nitrogens with one attached hydrogen (secondary N) is 1. The minimum Gasteiger partial charge on any atom is -0.373 e. The molecular weight excluding hydrogens is 350 g/mol. The van der Waals surface area contributed by atoms with Gasteiger partial charge < -0.3 is 14.5 Å². The second-order valence-corrected chi connectivity index (χ2v) is 7.68. The molecule has 5 rings (SSSR count). The molecule has 2 atom stereocenters. The van der Waals surface area contributed by atoms with E-state index >= 15 is 0 Å². The van der Waals surface area contributed by atoms with E-state index in [1.165, 1.54) is 11.4 Å². The third-order valence-electron chi connectivity index (χ3n) is 5.56. The van der Waals surface area contributed by atoms with Crippen LogP contribution in [0.4, 0.5) is 17.2 Å². The molecule has 144 valence electrons. The number of aromatic nitrogens is 3. The van der Waals surface area contributed by atoms with Gasteiger partial charge in [-0.15, -0.1) is 0 Å². The first-order valence-electron chi connectivity index (χ1n) is 9.95. The summed E-state index contributed by atoms with van der Waals surface area (Å²) in [5, 5.41) is 7.37. The molecule has 0 aliphatic carbocycles. The first-order chi connectivity index (χ1) is 13.8. The molecule has 0 spiro atoms. The van der Waals surface area contributed by atoms with Crippen molar-refractivity contribution in [2.75, 3.05) is 23.0 Å². The molecule has 0 radical (unpaired) electrons. The first-order valence-corrected chi connectivity index (χ1v) is 9.95. The number of hydrogen-bond acceptors (Lipinski definition) is 5. The Kier molecular flexibility index (Phi) is 4.49. The van der Waals surface area contributed by atoms with Crippen molar-refractivity contribution in [1.82, 2.24) is 15.2 Å². The molecule has 1 N–H and O–H groups in total. The molecule has 3 aromatic rings. The summed E-state index contributed by atoms with van der Waals surface area (Å²) < 4.78 is 6.36. The summed E-state index contributed by atoms with van der Waals surface area (Å²) in [6.07, 6.45) is 5.43. The van der Waals surface area contributed by atoms with Crippen molar-refractivity contribution in [3.8, 4) is 0 Å². The first kappa shape index (κ1) is 17.3. The van der Waals surface area contributed by atoms with Crippen molar-refractivity contribution in [3.05, 3.63) is 66.1 Å². The number of aryl methyl sites for hydroxylation is 1. The number of nitrogens with zero attached hydrogens (tertiary/aromatic N) is 4. The van der Waals surface area contributed by atoms with Gasteiger partial charge in [0.25, 0.3) is 0 Å². The zero-order chi connectivity index (χ0) is 18.9. The van der Waals surface area contributed by atoms with Crippen LogP contribution in [0.15, 0.2) is 54.7 Å². The third kappa shape index (κ3) is 3.36. The smallest absolute Gasteiger partial charge is 0.158 e. The summed E-state index contributed by atoms with van der Waals surface area (Å²) in [6, 6.07) is 16.7. The molecule has 2 aliphatic heterocycles. The second-order valence-electron chi connectivity index (χ2n) is 7.68. The fraction of sp³-hybridized carbons (Fsp3) is 0.364. The molecule has 0 bridgehead atoms. The number of H-pyrrole nitrogens is 1. The Labute approximate surface area is 165 Å². The normalized spacial score (nSPS) is 21.3. The Morgan fingerprint density at radius 3 is 2.79 bits per heavy atom. The third-order valence-corrected chi connectivity index (χ3v) is 5.56. The molecule has 28 heavy (non-hydrogen) atoms. The summed E-state index contributed by atoms with van der Waals surface area (Å²) in [7, 11) is 0. The van der Waals surface area contributed by atoms with Crippen LogP contribution < -0.4 is 9.80 Å². The van der Waals surface area contributed by atoms with Gasteiger partial charge in [0.1, 0.15) is 0 Å². The number of hydrogen-bond donors (Lipinski definition) is 1. The lowest BCUT2D eigenvalue weighted by atomic mass is 10.1. The quantitative estimate of drug-likeness (QED) is 0.735. The molecule has 0 saturated carbocycles. The number of benzene rings is 1. The van der Waals surface area contributed by atoms with Crippen LogP contribution >= 0.6 is 0 Å². The SMILES string of the molecule is Cc1cc(CC2CCC(CN3CN(c4ccccc4)c4ncccc43)O2)n[nH]1. The van der Waals surface area contributed by atoms with E-state index in [4.69, 9.17) is 4.74 Å². The van der Waals surface area contributed by atoms with E-state index in [9.17, 15) is 0 Å². The van der Waals surface area contributed by atoms with Crippen LogP contribution in [0, 0.1) is 6.92 Å². The molecule has 1 saturated heterocycles. The van der Waals surface area contributed by atoms with E-state index in [1.807, 2.05) is 25.3 Å². The number of aromatic amines is 1. The maximum atomic E-state index is 6.36. The van der Waals surface area contributed by atoms with Gasteiger partial charge in [0, 0.05) is 30.5 Å². The Balaban J connectivity index is 1.27. The Hall–Kier alpha value is -2.86. The summed E-state index contributed by atoms with van der Waals surface area (Å²) in [4.78, 5) is 9.31. The topological polar surface area (TPSA) is 57.3 Å². The largest absolute Gasteiger partial charge is 0.373 e. The van der Waals surface area contributed by atoms with Crippen LogP contribution in [0.2, 0.25) is 0 Å². The van der Waals surface area contributed by atoms with Crippen LogP contribution in [0.5, 0.6) is 0 Å². The second kappa shape index (κ2) is 7.28. The van der Waals surface area contributed by atoms with Gasteiger partial charge in [-0.05, 0) is 50.1 Å². The highest BCUT2D eigenvalue weighted by Crippen LogP contribution is 2.39. The lowest BCUT2D eigenvalue weighted by molar-refractivity contribution is 0.0493. The van der Waals surface area contributed by atoms with E-state index in [0.717, 1.165) is 49.7 Å². The average molecular weight is 375 g/mol. The van der Waals surface area contributed by atoms with Gasteiger partial charge in [-0.1, -0.05) is 18.2 Å². The van der Waals surface area contributed by atoms with Gasteiger partial charge in [0.2, 0.25) is 0 Å². The van der Waals surface area contributed by atoms with Crippen LogP contribution in [-0.2, 0) is 11.2 Å². The maximum Gasteiger partial charge on any atom is 0.158 e. The van der Waals surface area contributed by atoms with Gasteiger partial charge in [-0.25, -0.2) is 4.98 Å². The number of rotatable bonds is 5. The number of ether oxygens (including phenoxy) is 1. The van der Waals surface area contributed by atoms with E-state index < -0.39 is 0 Å². The molecule has 2 aromatic heterocycles. The lowest BCUT2D eigenvalue weighted by Crippen LogP contribution is -2.35. The number of anilines is 3. The predicted octanol–water partition coefficient (Wildman–Crippen LogP) is 3.82. The van der Waals surface area contributed by atoms with Gasteiger partial charge >= 0.3 is 0 Å². The molecule has 6 nitrogen and oxygen atoms in total. The van der Waals surface area contributed by atoms with Gasteiger partial charge in [0.15, 0.2) is 5.82 Å². The van der Waals surface area contributed by atoms with Crippen molar-refractivity contribution in [2.45, 2.75) is 38.4 Å². The van der Waals surface area contributed by atoms with E-state index in [1.54, 1.807) is 0 Å². The molecule has 0 amide bonds. The molecule has 6 heteroatoms. The molecule has 4 heterocycles. The number of pyridine rings is 1. The Morgan fingerprint density at radius 2 is 1.96 bits per heavy atom. The van der Waals surface area contributed by atoms with Crippen molar-refractivity contribution >= 4 is 17.2 Å². The summed E-state index contributed by atoms with van der Waals surface area (Å²) in [5.74, 6) is 1.02. The van der Waals surface area contributed by atoms with Gasteiger partial charge in [-0.3, -0.25) is 5.10 Å². The zero-order valence-corrected chi connectivity index (χ0v) is 16.1. The number of para-hydroxylation sites is 1. The molecule has 2 unspecified atom stereocenters. The highest BCUT2D eigenvalue weighted by atomic mass is 16.5. The van der Waals surface area contributed by atoms with Crippen molar-refractivity contribution in [3.63, 3.8) is 0 Å². The fourth-order valence-electron chi connectivity index (χ4n) is 4.25. The van der Waals surface area contributed by atoms with Crippen molar-refractivity contribution in [2.24, 2.45) is 0 Å². The molecule has 1 fully saturated rings. The maximum absolute atomic E-state index is 6.36. The minimum absolute atomic E-state index is 0.244. The van der Waals surface area contributed by atoms with Crippen LogP contribution in [-0.4, -0.2) is 40.6 Å². The Morgan fingerprint density at radius 1 is 1.11 bits per heavy atom. The summed E-state index contributed by atoms with van der Waals surface area (Å²) >= 11 is 0. The van der Waals surface area contributed by atoms with Crippen molar-refractivity contribution in [1.29, 1.82) is 0 Å². The number of fused-ring (bicyclic) bond motifs is 1. The highest BCUT2D eigenvalue weighted by molar-refractivity contribution is 5.79. The molecule has 2 aliphatic rings. The Bertz CT molecular complexity index is 941. The lowest BCUT2D eigenvalue weighted by Gasteiger charge is -2.24. The molecular formula is C22H25N5O. The van der Waals surface area contributed by atoms with Gasteiger partial charge in [0.05, 0.1) is 30.3 Å². The minimum atomic E-state index is 0.244. The van der Waals surface area contributed by atoms with Crippen LogP contribution in [0.1, 0.15) is 24.2 Å². The zero-order valence-electron chi connectivity index (χ0n) is 16.1. The average Bonchev–Trinajstić information content (AvgIpc) is 3.43. The fourth-order valence-corrected chi connectivity index (χ4v) is 4.25. The van der Waals surface area contributed by atoms with Gasteiger partial charge in [-0.2, -0.15) is 5.10 Å². The summed E-state index contributed by atoms with van der Waals surface area (Å²) in [6.45, 7) is 3.73. The molecule has 1 aromatic carbocycles. The predicted molar refractivity (Wildman–Crippen MR) is 110 cm³/mol. The van der Waals surface area contributed by atoms with Crippen LogP contribution in [0.25, 0.3) is 0 Å². The summed E-state index contributed by atoms with van der Waals surface area (Å²) in [5.41, 5.74) is 4.55. The van der Waals surface area contributed by atoms with E-state index in [0.29, 0.717) is 0 Å². The standard InChI is InChI=1S/C22H25N5O/c1-16-12-17(25-24-16)13-19-9-10-20(28-19)14-26-15-27(18-6-3-2-4-7-18)22-21(26)8-5-11-23-22/h2-8,11-12,19-20H,9-10,13-15H2,1H3,(H,24,25). The monoisotopic (exact) mass is 375 g/mol. The van der Waals surface area contributed by atoms with Crippen molar-refractivity contribution < 1.29 is 4.74 Å². The van der Waals surface area contributed by atoms with Crippen LogP contribution in [0.3, 0.4) is 0 Å². The highest BCUT2D eigenvalue weighted by Gasteiger charge is 2.33. The van der Waals surface area contributed by atoms with E-state index in [2.05, 4.69) is 61.4 Å².